The second kappa shape index (κ2) is 2.42. The van der Waals surface area contributed by atoms with Crippen molar-refractivity contribution in [1.29, 1.82) is 0 Å². The highest BCUT2D eigenvalue weighted by Crippen LogP contribution is 2.30. The summed E-state index contributed by atoms with van der Waals surface area (Å²) in [5.74, 6) is -0.206. The summed E-state index contributed by atoms with van der Waals surface area (Å²) in [4.78, 5) is 32.6. The molecule has 3 N–H and O–H groups in total. The zero-order valence-electron chi connectivity index (χ0n) is 6.79. The number of nitrogens with one attached hydrogen (secondary N) is 1. The molecule has 5 heteroatoms. The van der Waals surface area contributed by atoms with Gasteiger partial charge in [0.1, 0.15) is 11.4 Å². The summed E-state index contributed by atoms with van der Waals surface area (Å²) >= 11 is 0. The van der Waals surface area contributed by atoms with E-state index in [2.05, 4.69) is 5.32 Å². The Labute approximate surface area is 73.2 Å². The predicted octanol–water partition coefficient (Wildman–Crippen LogP) is -0.787. The molecule has 0 radical (unpaired) electrons. The molecule has 0 heterocycles. The van der Waals surface area contributed by atoms with E-state index in [0.29, 0.717) is 0 Å². The van der Waals surface area contributed by atoms with Gasteiger partial charge in [0.15, 0.2) is 0 Å². The Morgan fingerprint density at radius 3 is 2.38 bits per heavy atom. The molecule has 1 aromatic carbocycles. The molecular weight excluding hydrogens is 172 g/mol. The summed E-state index contributed by atoms with van der Waals surface area (Å²) < 4.78 is 0. The van der Waals surface area contributed by atoms with Gasteiger partial charge < -0.3 is 11.1 Å². The lowest BCUT2D eigenvalue weighted by Gasteiger charge is -2.07. The van der Waals surface area contributed by atoms with Crippen LogP contribution in [0, 0.1) is 5.92 Å². The Balaban J connectivity index is 2.15. The normalized spacial score (nSPS) is 16.0. The van der Waals surface area contributed by atoms with E-state index in [9.17, 15) is 14.4 Å². The minimum atomic E-state index is -0.703. The molecule has 1 aromatic rings. The number of amides is 1. The van der Waals surface area contributed by atoms with Gasteiger partial charge in [-0.25, -0.2) is 0 Å². The third-order valence-electron chi connectivity index (χ3n) is 2.14. The van der Waals surface area contributed by atoms with Gasteiger partial charge in [-0.1, -0.05) is 0 Å². The topological polar surface area (TPSA) is 89.3 Å². The molecule has 0 atom stereocenters. The lowest BCUT2D eigenvalue weighted by atomic mass is 10.2. The standard InChI is InChI=1S/C8H8N2O3/c9-4-5(7(12)6(4)11)10-8(13)3-1-2-3/h3H,1-2,9H2,(H,10,13). The minimum absolute atomic E-state index is 0.00352. The van der Waals surface area contributed by atoms with E-state index in [4.69, 9.17) is 5.73 Å². The van der Waals surface area contributed by atoms with Gasteiger partial charge in [0.25, 0.3) is 10.9 Å². The van der Waals surface area contributed by atoms with Crippen LogP contribution in [0.3, 0.4) is 0 Å². The van der Waals surface area contributed by atoms with Gasteiger partial charge in [-0.05, 0) is 12.8 Å². The lowest BCUT2D eigenvalue weighted by molar-refractivity contribution is -0.117. The van der Waals surface area contributed by atoms with Crippen molar-refractivity contribution in [2.75, 3.05) is 11.1 Å². The van der Waals surface area contributed by atoms with Crippen molar-refractivity contribution >= 4 is 17.3 Å². The van der Waals surface area contributed by atoms with Gasteiger partial charge in [-0.15, -0.1) is 0 Å². The molecule has 0 spiro atoms. The van der Waals surface area contributed by atoms with Crippen LogP contribution in [-0.2, 0) is 4.79 Å². The lowest BCUT2D eigenvalue weighted by Crippen LogP contribution is -2.38. The number of nitrogen functional groups attached to an aromatic ring is 1. The van der Waals surface area contributed by atoms with Crippen molar-refractivity contribution in [2.45, 2.75) is 12.8 Å². The summed E-state index contributed by atoms with van der Waals surface area (Å²) in [5.41, 5.74) is 3.68. The van der Waals surface area contributed by atoms with Crippen LogP contribution >= 0.6 is 0 Å². The van der Waals surface area contributed by atoms with Gasteiger partial charge in [-0.3, -0.25) is 14.4 Å². The number of hydrogen-bond donors (Lipinski definition) is 2. The van der Waals surface area contributed by atoms with Crippen molar-refractivity contribution in [3.63, 3.8) is 0 Å². The Hall–Kier alpha value is -1.65. The van der Waals surface area contributed by atoms with Crippen molar-refractivity contribution < 1.29 is 4.79 Å². The monoisotopic (exact) mass is 180 g/mol. The largest absolute Gasteiger partial charge is 0.394 e. The molecule has 0 bridgehead atoms. The van der Waals surface area contributed by atoms with Crippen LogP contribution in [0.4, 0.5) is 11.4 Å². The zero-order valence-corrected chi connectivity index (χ0v) is 6.79. The highest BCUT2D eigenvalue weighted by atomic mass is 16.2. The van der Waals surface area contributed by atoms with E-state index >= 15 is 0 Å². The number of anilines is 2. The number of rotatable bonds is 2. The summed E-state index contributed by atoms with van der Waals surface area (Å²) in [5, 5.41) is 2.35. The van der Waals surface area contributed by atoms with E-state index in [0.717, 1.165) is 12.8 Å². The van der Waals surface area contributed by atoms with Crippen molar-refractivity contribution in [3.8, 4) is 0 Å². The van der Waals surface area contributed by atoms with Crippen LogP contribution < -0.4 is 21.9 Å². The Bertz CT molecular complexity index is 438. The van der Waals surface area contributed by atoms with Crippen LogP contribution in [0.1, 0.15) is 12.8 Å². The molecule has 0 aromatic heterocycles. The maximum atomic E-state index is 11.1. The van der Waals surface area contributed by atoms with Gasteiger partial charge in [0.2, 0.25) is 5.91 Å². The van der Waals surface area contributed by atoms with Crippen molar-refractivity contribution in [3.05, 3.63) is 20.4 Å². The molecule has 13 heavy (non-hydrogen) atoms. The van der Waals surface area contributed by atoms with Crippen molar-refractivity contribution in [1.82, 2.24) is 0 Å². The van der Waals surface area contributed by atoms with Gasteiger partial charge in [0.05, 0.1) is 0 Å². The zero-order chi connectivity index (χ0) is 9.59. The molecule has 0 unspecified atom stereocenters. The molecule has 0 saturated heterocycles. The van der Waals surface area contributed by atoms with Crippen LogP contribution in [-0.4, -0.2) is 5.91 Å². The first-order valence-corrected chi connectivity index (χ1v) is 4.01. The average molecular weight is 180 g/mol. The summed E-state index contributed by atoms with van der Waals surface area (Å²) in [7, 11) is 0. The Morgan fingerprint density at radius 1 is 1.31 bits per heavy atom. The SMILES string of the molecule is Nc1c(NC(=O)C2CC2)c(=O)c1=O. The molecule has 68 valence electrons. The van der Waals surface area contributed by atoms with Crippen LogP contribution in [0.2, 0.25) is 0 Å². The maximum Gasteiger partial charge on any atom is 0.253 e. The first kappa shape index (κ1) is 7.97. The fourth-order valence-corrected chi connectivity index (χ4v) is 1.10. The van der Waals surface area contributed by atoms with E-state index in [-0.39, 0.29) is 23.2 Å². The van der Waals surface area contributed by atoms with E-state index < -0.39 is 10.9 Å². The van der Waals surface area contributed by atoms with Crippen LogP contribution in [0.15, 0.2) is 9.59 Å². The first-order valence-electron chi connectivity index (χ1n) is 4.01. The fraction of sp³-hybridized carbons (Fsp3) is 0.375. The molecule has 1 saturated carbocycles. The smallest absolute Gasteiger partial charge is 0.253 e. The molecule has 1 aliphatic carbocycles. The highest BCUT2D eigenvalue weighted by molar-refractivity contribution is 5.97. The minimum Gasteiger partial charge on any atom is -0.394 e. The van der Waals surface area contributed by atoms with Gasteiger partial charge in [0, 0.05) is 5.92 Å². The molecule has 2 rings (SSSR count). The molecule has 0 aliphatic heterocycles. The van der Waals surface area contributed by atoms with Crippen molar-refractivity contribution in [2.24, 2.45) is 5.92 Å². The summed E-state index contributed by atoms with van der Waals surface area (Å²) in [6, 6.07) is 0. The first-order chi connectivity index (χ1) is 6.11. The fourth-order valence-electron chi connectivity index (χ4n) is 1.10. The molecular formula is C8H8N2O3. The van der Waals surface area contributed by atoms with E-state index in [1.165, 1.54) is 0 Å². The van der Waals surface area contributed by atoms with Crippen LogP contribution in [0.25, 0.3) is 0 Å². The Morgan fingerprint density at radius 2 is 1.92 bits per heavy atom. The quantitative estimate of drug-likeness (QED) is 0.584. The third-order valence-corrected chi connectivity index (χ3v) is 2.14. The number of carbonyl (C=O) groups is 1. The molecule has 5 nitrogen and oxygen atoms in total. The second-order valence-electron chi connectivity index (χ2n) is 3.21. The average Bonchev–Trinajstić information content (AvgIpc) is 2.94. The summed E-state index contributed by atoms with van der Waals surface area (Å²) in [6.07, 6.45) is 1.70. The van der Waals surface area contributed by atoms with E-state index in [1.54, 1.807) is 0 Å². The summed E-state index contributed by atoms with van der Waals surface area (Å²) in [6.45, 7) is 0. The predicted molar refractivity (Wildman–Crippen MR) is 47.1 cm³/mol. The number of hydrogen-bond acceptors (Lipinski definition) is 4. The van der Waals surface area contributed by atoms with Crippen LogP contribution in [0.5, 0.6) is 0 Å². The highest BCUT2D eigenvalue weighted by Gasteiger charge is 2.31. The number of nitrogens with two attached hydrogens (primary N) is 1. The molecule has 1 fully saturated rings. The molecule has 1 amide bonds. The van der Waals surface area contributed by atoms with E-state index in [1.807, 2.05) is 0 Å². The van der Waals surface area contributed by atoms with Gasteiger partial charge in [-0.2, -0.15) is 0 Å². The number of carbonyl (C=O) groups excluding carboxylic acids is 1. The third kappa shape index (κ3) is 1.12. The maximum absolute atomic E-state index is 11.1. The van der Waals surface area contributed by atoms with Gasteiger partial charge >= 0.3 is 0 Å². The Kier molecular flexibility index (Phi) is 1.48. The second-order valence-corrected chi connectivity index (χ2v) is 3.21. The molecule has 1 aliphatic rings.